The molecule has 0 aromatic heterocycles. The van der Waals surface area contributed by atoms with Gasteiger partial charge in [0.1, 0.15) is 0 Å². The van der Waals surface area contributed by atoms with Crippen molar-refractivity contribution in [1.29, 1.82) is 0 Å². The molecule has 4 N–H and O–H groups in total. The molecule has 248 valence electrons. The molecule has 46 heavy (non-hydrogen) atoms. The normalized spacial score (nSPS) is 19.4. The summed E-state index contributed by atoms with van der Waals surface area (Å²) in [7, 11) is 2.00. The van der Waals surface area contributed by atoms with Crippen molar-refractivity contribution in [2.24, 2.45) is 0 Å². The van der Waals surface area contributed by atoms with E-state index >= 15 is 0 Å². The monoisotopic (exact) mass is 631 g/mol. The number of carbonyl (C=O) groups excluding carboxylic acids is 2. The van der Waals surface area contributed by atoms with Crippen LogP contribution in [0.4, 0.5) is 0 Å². The zero-order valence-corrected chi connectivity index (χ0v) is 27.2. The van der Waals surface area contributed by atoms with Crippen molar-refractivity contribution in [2.45, 2.75) is 89.7 Å². The van der Waals surface area contributed by atoms with E-state index in [2.05, 4.69) is 15.5 Å². The van der Waals surface area contributed by atoms with E-state index in [1.54, 1.807) is 0 Å². The van der Waals surface area contributed by atoms with Crippen molar-refractivity contribution in [2.75, 3.05) is 20.1 Å². The zero-order valence-electron chi connectivity index (χ0n) is 27.2. The number of amides is 2. The Bertz CT molecular complexity index is 1350. The fourth-order valence-corrected chi connectivity index (χ4v) is 5.62. The van der Waals surface area contributed by atoms with E-state index in [1.807, 2.05) is 92.8 Å². The first-order valence-corrected chi connectivity index (χ1v) is 16.3. The molecule has 0 aliphatic carbocycles. The van der Waals surface area contributed by atoms with Crippen LogP contribution in [0, 0.1) is 0 Å². The molecule has 1 saturated heterocycles. The second kappa shape index (κ2) is 17.9. The van der Waals surface area contributed by atoms with Crippen LogP contribution in [-0.2, 0) is 32.2 Å². The van der Waals surface area contributed by atoms with Crippen LogP contribution in [0.3, 0.4) is 0 Å². The summed E-state index contributed by atoms with van der Waals surface area (Å²) in [5.41, 5.74) is 4.61. The van der Waals surface area contributed by atoms with Gasteiger partial charge in [-0.25, -0.2) is 0 Å². The number of carbonyl (C=O) groups is 2. The van der Waals surface area contributed by atoms with Gasteiger partial charge in [-0.05, 0) is 49.1 Å². The summed E-state index contributed by atoms with van der Waals surface area (Å²) in [4.78, 5) is 25.4. The molecular weight excluding hydrogens is 582 g/mol. The molecule has 0 saturated carbocycles. The van der Waals surface area contributed by atoms with Crippen molar-refractivity contribution in [1.82, 2.24) is 15.5 Å². The molecule has 3 aromatic rings. The van der Waals surface area contributed by atoms with E-state index < -0.39 is 12.4 Å². The number of nitrogens with one attached hydrogen (secondary N) is 2. The molecule has 0 radical (unpaired) electrons. The largest absolute Gasteiger partial charge is 0.392 e. The number of benzene rings is 3. The Kier molecular flexibility index (Phi) is 13.7. The van der Waals surface area contributed by atoms with E-state index in [1.165, 1.54) is 6.92 Å². The summed E-state index contributed by atoms with van der Waals surface area (Å²) in [5.74, 6) is -0.0211. The van der Waals surface area contributed by atoms with Gasteiger partial charge in [0, 0.05) is 51.0 Å². The molecular formula is C37H49N3O6. The summed E-state index contributed by atoms with van der Waals surface area (Å²) < 4.78 is 13.0. The Balaban J connectivity index is 1.36. The van der Waals surface area contributed by atoms with Crippen LogP contribution in [0.15, 0.2) is 78.9 Å². The van der Waals surface area contributed by atoms with Crippen LogP contribution in [0.1, 0.15) is 92.3 Å². The predicted molar refractivity (Wildman–Crippen MR) is 177 cm³/mol. The molecule has 9 heteroatoms. The molecule has 3 aromatic carbocycles. The highest BCUT2D eigenvalue weighted by atomic mass is 16.7. The minimum Gasteiger partial charge on any atom is -0.392 e. The minimum absolute atomic E-state index is 0.0104. The Morgan fingerprint density at radius 1 is 0.891 bits per heavy atom. The number of rotatable bonds is 16. The average Bonchev–Trinajstić information content (AvgIpc) is 3.08. The molecule has 1 aliphatic heterocycles. The van der Waals surface area contributed by atoms with E-state index in [-0.39, 0.29) is 36.7 Å². The van der Waals surface area contributed by atoms with Gasteiger partial charge in [0.2, 0.25) is 11.8 Å². The zero-order chi connectivity index (χ0) is 32.9. The Hall–Kier alpha value is -3.60. The first-order chi connectivity index (χ1) is 22.2. The first kappa shape index (κ1) is 35.3. The summed E-state index contributed by atoms with van der Waals surface area (Å²) in [5, 5.41) is 26.3. The van der Waals surface area contributed by atoms with Crippen LogP contribution in [0.2, 0.25) is 0 Å². The third kappa shape index (κ3) is 10.7. The summed E-state index contributed by atoms with van der Waals surface area (Å²) in [6, 6.07) is 25.3. The van der Waals surface area contributed by atoms with Gasteiger partial charge in [0.25, 0.3) is 0 Å². The van der Waals surface area contributed by atoms with Gasteiger partial charge in [-0.15, -0.1) is 0 Å². The summed E-state index contributed by atoms with van der Waals surface area (Å²) in [6.07, 6.45) is 2.04. The average molecular weight is 632 g/mol. The highest BCUT2D eigenvalue weighted by Crippen LogP contribution is 2.38. The van der Waals surface area contributed by atoms with Gasteiger partial charge in [0.05, 0.1) is 24.9 Å². The minimum atomic E-state index is -0.633. The van der Waals surface area contributed by atoms with Crippen LogP contribution >= 0.6 is 0 Å². The number of hydrogen-bond donors (Lipinski definition) is 4. The predicted octanol–water partition coefficient (Wildman–Crippen LogP) is 5.09. The van der Waals surface area contributed by atoms with Gasteiger partial charge < -0.3 is 30.3 Å². The quantitative estimate of drug-likeness (QED) is 0.163. The lowest BCUT2D eigenvalue weighted by Gasteiger charge is -2.39. The van der Waals surface area contributed by atoms with E-state index in [4.69, 9.17) is 9.47 Å². The maximum Gasteiger partial charge on any atom is 0.220 e. The summed E-state index contributed by atoms with van der Waals surface area (Å²) in [6.45, 7) is 5.19. The number of nitrogens with zero attached hydrogens (tertiary/aromatic N) is 1. The highest BCUT2D eigenvalue weighted by Gasteiger charge is 2.34. The number of aliphatic hydroxyl groups is 2. The number of unbranched alkanes of at least 4 members (excludes halogenated alkanes) is 2. The maximum absolute atomic E-state index is 12.3. The van der Waals surface area contributed by atoms with Gasteiger partial charge >= 0.3 is 0 Å². The molecule has 9 nitrogen and oxygen atoms in total. The third-order valence-corrected chi connectivity index (χ3v) is 8.60. The Morgan fingerprint density at radius 3 is 2.24 bits per heavy atom. The smallest absolute Gasteiger partial charge is 0.220 e. The molecule has 0 unspecified atom stereocenters. The standard InChI is InChI=1S/C37H49N3O6/c1-26(36(44)31-10-6-4-7-11-31)40(3)24-33-22-34(30-17-15-29(25-41)16-18-30)46-37(45-33)32-19-13-28(14-20-32)23-39-35(43)12-8-5-9-21-38-27(2)42/h4,6-7,10-11,13-20,26,33-34,36-37,41,44H,5,8-9,12,21-25H2,1-3H3,(H,38,42)(H,39,43)/t26-,33+,34-,36-,37-/m0/s1. The lowest BCUT2D eigenvalue weighted by Crippen LogP contribution is -2.43. The number of aliphatic hydroxyl groups excluding tert-OH is 2. The molecule has 5 atom stereocenters. The molecule has 4 rings (SSSR count). The SMILES string of the molecule is CC(=O)NCCCCCC(=O)NCc1ccc([C@H]2O[C@@H](CN(C)[C@@H](C)[C@H](O)c3ccccc3)C[C@@H](c3ccc(CO)cc3)O2)cc1. The van der Waals surface area contributed by atoms with Crippen molar-refractivity contribution in [3.63, 3.8) is 0 Å². The fourth-order valence-electron chi connectivity index (χ4n) is 5.62. The third-order valence-electron chi connectivity index (χ3n) is 8.60. The van der Waals surface area contributed by atoms with Crippen molar-refractivity contribution in [3.05, 3.63) is 107 Å². The molecule has 2 amide bonds. The lowest BCUT2D eigenvalue weighted by atomic mass is 9.98. The molecule has 1 aliphatic rings. The second-order valence-electron chi connectivity index (χ2n) is 12.2. The topological polar surface area (TPSA) is 120 Å². The number of hydrogen-bond acceptors (Lipinski definition) is 7. The highest BCUT2D eigenvalue weighted by molar-refractivity contribution is 5.75. The van der Waals surface area contributed by atoms with Gasteiger partial charge in [-0.2, -0.15) is 0 Å². The summed E-state index contributed by atoms with van der Waals surface area (Å²) >= 11 is 0. The molecule has 0 spiro atoms. The van der Waals surface area contributed by atoms with Crippen LogP contribution in [0.5, 0.6) is 0 Å². The van der Waals surface area contributed by atoms with E-state index in [0.29, 0.717) is 32.5 Å². The lowest BCUT2D eigenvalue weighted by molar-refractivity contribution is -0.253. The van der Waals surface area contributed by atoms with Crippen LogP contribution in [0.25, 0.3) is 0 Å². The number of ether oxygens (including phenoxy) is 2. The van der Waals surface area contributed by atoms with E-state index in [9.17, 15) is 19.8 Å². The van der Waals surface area contributed by atoms with Gasteiger partial charge in [0.15, 0.2) is 6.29 Å². The van der Waals surface area contributed by atoms with Crippen molar-refractivity contribution < 1.29 is 29.3 Å². The van der Waals surface area contributed by atoms with Crippen molar-refractivity contribution >= 4 is 11.8 Å². The fraction of sp³-hybridized carbons (Fsp3) is 0.459. The van der Waals surface area contributed by atoms with Crippen LogP contribution < -0.4 is 10.6 Å². The molecule has 0 bridgehead atoms. The molecule has 1 fully saturated rings. The van der Waals surface area contributed by atoms with Crippen molar-refractivity contribution in [3.8, 4) is 0 Å². The first-order valence-electron chi connectivity index (χ1n) is 16.3. The number of likely N-dealkylation sites (N-methyl/N-ethyl adjacent to an activating group) is 1. The molecule has 1 heterocycles. The Morgan fingerprint density at radius 2 is 1.57 bits per heavy atom. The second-order valence-corrected chi connectivity index (χ2v) is 12.2. The van der Waals surface area contributed by atoms with Crippen LogP contribution in [-0.4, -0.2) is 59.2 Å². The van der Waals surface area contributed by atoms with Gasteiger partial charge in [-0.1, -0.05) is 85.3 Å². The van der Waals surface area contributed by atoms with E-state index in [0.717, 1.165) is 47.1 Å². The Labute approximate surface area is 272 Å². The maximum atomic E-state index is 12.3. The van der Waals surface area contributed by atoms with Gasteiger partial charge in [-0.3, -0.25) is 14.5 Å².